The third kappa shape index (κ3) is 5.17. The van der Waals surface area contributed by atoms with Gasteiger partial charge in [-0.2, -0.15) is 0 Å². The summed E-state index contributed by atoms with van der Waals surface area (Å²) in [5, 5.41) is 0.698. The van der Waals surface area contributed by atoms with Crippen LogP contribution in [0.1, 0.15) is 26.7 Å². The number of amides is 2. The topological polar surface area (TPSA) is 53.1 Å². The number of benzene rings is 1. The summed E-state index contributed by atoms with van der Waals surface area (Å²) in [4.78, 5) is 31.2. The van der Waals surface area contributed by atoms with Crippen LogP contribution in [0.3, 0.4) is 0 Å². The minimum Gasteiger partial charge on any atom is -0.492 e. The molecule has 2 amide bonds. The Morgan fingerprint density at radius 2 is 1.79 bits per heavy atom. The lowest BCUT2D eigenvalue weighted by Gasteiger charge is -2.39. The maximum Gasteiger partial charge on any atom is 0.245 e. The number of halogens is 1. The van der Waals surface area contributed by atoms with Gasteiger partial charge in [0.15, 0.2) is 0 Å². The van der Waals surface area contributed by atoms with Crippen molar-refractivity contribution in [1.29, 1.82) is 0 Å². The molecule has 0 spiro atoms. The van der Waals surface area contributed by atoms with Crippen LogP contribution in [0.4, 0.5) is 0 Å². The highest BCUT2D eigenvalue weighted by Gasteiger charge is 2.37. The van der Waals surface area contributed by atoms with Crippen molar-refractivity contribution in [2.24, 2.45) is 5.92 Å². The summed E-state index contributed by atoms with van der Waals surface area (Å²) in [6, 6.07) is 7.04. The van der Waals surface area contributed by atoms with Gasteiger partial charge in [-0.25, -0.2) is 0 Å². The summed E-state index contributed by atoms with van der Waals surface area (Å²) in [5.41, 5.74) is 0. The average molecular weight is 408 g/mol. The molecule has 3 rings (SSSR count). The lowest BCUT2D eigenvalue weighted by atomic mass is 10.0. The molecule has 0 aliphatic carbocycles. The van der Waals surface area contributed by atoms with E-state index in [0.717, 1.165) is 31.8 Å². The van der Waals surface area contributed by atoms with Gasteiger partial charge in [0.2, 0.25) is 11.8 Å². The van der Waals surface area contributed by atoms with Crippen molar-refractivity contribution in [2.45, 2.75) is 32.7 Å². The number of rotatable bonds is 7. The number of hydrogen-bond donors (Lipinski definition) is 0. The van der Waals surface area contributed by atoms with Crippen LogP contribution in [0, 0.1) is 5.92 Å². The van der Waals surface area contributed by atoms with Crippen LogP contribution in [0.5, 0.6) is 5.75 Å². The summed E-state index contributed by atoms with van der Waals surface area (Å²) in [6.07, 6.45) is 1.43. The van der Waals surface area contributed by atoms with Gasteiger partial charge in [-0.05, 0) is 36.6 Å². The van der Waals surface area contributed by atoms with Gasteiger partial charge < -0.3 is 14.5 Å². The Kier molecular flexibility index (Phi) is 7.18. The van der Waals surface area contributed by atoms with Crippen molar-refractivity contribution >= 4 is 23.4 Å². The Balaban J connectivity index is 1.45. The smallest absolute Gasteiger partial charge is 0.245 e. The molecule has 1 aromatic rings. The van der Waals surface area contributed by atoms with E-state index >= 15 is 0 Å². The first-order valence-corrected chi connectivity index (χ1v) is 10.5. The zero-order chi connectivity index (χ0) is 20.1. The Morgan fingerprint density at radius 1 is 1.11 bits per heavy atom. The first-order valence-electron chi connectivity index (χ1n) is 10.1. The molecule has 2 aliphatic heterocycles. The van der Waals surface area contributed by atoms with Gasteiger partial charge in [0.1, 0.15) is 18.4 Å². The molecule has 0 N–H and O–H groups in total. The predicted octanol–water partition coefficient (Wildman–Crippen LogP) is 2.51. The summed E-state index contributed by atoms with van der Waals surface area (Å²) < 4.78 is 5.76. The van der Waals surface area contributed by atoms with E-state index in [1.165, 1.54) is 0 Å². The molecular formula is C21H30ClN3O3. The molecule has 7 heteroatoms. The molecule has 0 saturated carbocycles. The van der Waals surface area contributed by atoms with Crippen LogP contribution in [0.2, 0.25) is 5.02 Å². The first-order chi connectivity index (χ1) is 13.5. The van der Waals surface area contributed by atoms with E-state index < -0.39 is 0 Å². The quantitative estimate of drug-likeness (QED) is 0.697. The SMILES string of the molecule is CC(C)[C@H](C(=O)N1CCN(CCOc2ccc(Cl)cc2)CC1)N1CCCC1=O. The molecule has 28 heavy (non-hydrogen) atoms. The van der Waals surface area contributed by atoms with Crippen LogP contribution in [-0.2, 0) is 9.59 Å². The van der Waals surface area contributed by atoms with E-state index in [1.807, 2.05) is 43.0 Å². The Hall–Kier alpha value is -1.79. The van der Waals surface area contributed by atoms with E-state index in [-0.39, 0.29) is 23.8 Å². The monoisotopic (exact) mass is 407 g/mol. The molecule has 2 aliphatic rings. The fourth-order valence-electron chi connectivity index (χ4n) is 3.94. The van der Waals surface area contributed by atoms with Gasteiger partial charge in [0, 0.05) is 50.7 Å². The third-order valence-corrected chi connectivity index (χ3v) is 5.76. The molecule has 0 aromatic heterocycles. The highest BCUT2D eigenvalue weighted by molar-refractivity contribution is 6.30. The van der Waals surface area contributed by atoms with Gasteiger partial charge in [-0.15, -0.1) is 0 Å². The van der Waals surface area contributed by atoms with E-state index in [0.29, 0.717) is 37.7 Å². The first kappa shape index (κ1) is 20.9. The lowest BCUT2D eigenvalue weighted by molar-refractivity contribution is -0.146. The summed E-state index contributed by atoms with van der Waals surface area (Å²) >= 11 is 5.88. The Bertz CT molecular complexity index is 672. The van der Waals surface area contributed by atoms with Crippen LogP contribution in [-0.4, -0.2) is 78.4 Å². The standard InChI is InChI=1S/C21H30ClN3O3/c1-16(2)20(25-9-3-4-19(25)26)21(27)24-12-10-23(11-13-24)14-15-28-18-7-5-17(22)6-8-18/h5-8,16,20H,3-4,9-15H2,1-2H3/t20-/m1/s1. The summed E-state index contributed by atoms with van der Waals surface area (Å²) in [6.45, 7) is 9.24. The van der Waals surface area contributed by atoms with Crippen LogP contribution in [0.25, 0.3) is 0 Å². The highest BCUT2D eigenvalue weighted by atomic mass is 35.5. The number of piperazine rings is 1. The van der Waals surface area contributed by atoms with Crippen LogP contribution in [0.15, 0.2) is 24.3 Å². The fourth-order valence-corrected chi connectivity index (χ4v) is 4.07. The molecule has 2 saturated heterocycles. The van der Waals surface area contributed by atoms with Crippen molar-refractivity contribution in [2.75, 3.05) is 45.9 Å². The second-order valence-corrected chi connectivity index (χ2v) is 8.29. The van der Waals surface area contributed by atoms with E-state index in [4.69, 9.17) is 16.3 Å². The number of nitrogens with zero attached hydrogens (tertiary/aromatic N) is 3. The molecule has 1 atom stereocenters. The van der Waals surface area contributed by atoms with Crippen LogP contribution < -0.4 is 4.74 Å². The zero-order valence-electron chi connectivity index (χ0n) is 16.8. The maximum absolute atomic E-state index is 13.1. The average Bonchev–Trinajstić information content (AvgIpc) is 3.09. The Labute approximate surface area is 172 Å². The second kappa shape index (κ2) is 9.61. The van der Waals surface area contributed by atoms with Crippen molar-refractivity contribution < 1.29 is 14.3 Å². The molecule has 0 radical (unpaired) electrons. The molecule has 154 valence electrons. The Morgan fingerprint density at radius 3 is 2.36 bits per heavy atom. The number of hydrogen-bond acceptors (Lipinski definition) is 4. The fraction of sp³-hybridized carbons (Fsp3) is 0.619. The zero-order valence-corrected chi connectivity index (χ0v) is 17.5. The molecule has 1 aromatic carbocycles. The molecular weight excluding hydrogens is 378 g/mol. The second-order valence-electron chi connectivity index (χ2n) is 7.85. The van der Waals surface area contributed by atoms with E-state index in [2.05, 4.69) is 4.90 Å². The van der Waals surface area contributed by atoms with Crippen LogP contribution >= 0.6 is 11.6 Å². The number of ether oxygens (including phenoxy) is 1. The van der Waals surface area contributed by atoms with Crippen molar-refractivity contribution in [3.8, 4) is 5.75 Å². The van der Waals surface area contributed by atoms with Crippen molar-refractivity contribution in [1.82, 2.24) is 14.7 Å². The van der Waals surface area contributed by atoms with Gasteiger partial charge in [-0.1, -0.05) is 25.4 Å². The summed E-state index contributed by atoms with van der Waals surface area (Å²) in [5.74, 6) is 1.15. The lowest BCUT2D eigenvalue weighted by Crippen LogP contribution is -2.57. The van der Waals surface area contributed by atoms with Gasteiger partial charge in [-0.3, -0.25) is 14.5 Å². The number of carbonyl (C=O) groups excluding carboxylic acids is 2. The highest BCUT2D eigenvalue weighted by Crippen LogP contribution is 2.22. The third-order valence-electron chi connectivity index (χ3n) is 5.50. The van der Waals surface area contributed by atoms with Gasteiger partial charge >= 0.3 is 0 Å². The molecule has 2 fully saturated rings. The van der Waals surface area contributed by atoms with Gasteiger partial charge in [0.05, 0.1) is 0 Å². The number of likely N-dealkylation sites (tertiary alicyclic amines) is 1. The van der Waals surface area contributed by atoms with Gasteiger partial charge in [0.25, 0.3) is 0 Å². The molecule has 6 nitrogen and oxygen atoms in total. The van der Waals surface area contributed by atoms with Crippen molar-refractivity contribution in [3.05, 3.63) is 29.3 Å². The van der Waals surface area contributed by atoms with E-state index in [9.17, 15) is 9.59 Å². The van der Waals surface area contributed by atoms with Crippen molar-refractivity contribution in [3.63, 3.8) is 0 Å². The maximum atomic E-state index is 13.1. The molecule has 0 unspecified atom stereocenters. The summed E-state index contributed by atoms with van der Waals surface area (Å²) in [7, 11) is 0. The minimum atomic E-state index is -0.324. The largest absolute Gasteiger partial charge is 0.492 e. The number of carbonyl (C=O) groups is 2. The molecule has 0 bridgehead atoms. The normalized spacial score (nSPS) is 19.4. The predicted molar refractivity (Wildman–Crippen MR) is 110 cm³/mol. The molecule has 2 heterocycles. The minimum absolute atomic E-state index is 0.0994. The van der Waals surface area contributed by atoms with E-state index in [1.54, 1.807) is 4.90 Å².